The second kappa shape index (κ2) is 4.54. The van der Waals surface area contributed by atoms with Crippen molar-refractivity contribution in [1.82, 2.24) is 0 Å². The number of aliphatic hydroxyl groups is 1. The van der Waals surface area contributed by atoms with Crippen LogP contribution in [0.1, 0.15) is 39.4 Å². The zero-order valence-electron chi connectivity index (χ0n) is 9.54. The van der Waals surface area contributed by atoms with Gasteiger partial charge in [0.15, 0.2) is 0 Å². The molecule has 1 atom stereocenters. The van der Waals surface area contributed by atoms with Gasteiger partial charge >= 0.3 is 0 Å². The fourth-order valence-electron chi connectivity index (χ4n) is 1.34. The summed E-state index contributed by atoms with van der Waals surface area (Å²) in [6.45, 7) is 7.78. The molecule has 0 spiro atoms. The molecule has 0 aliphatic heterocycles. The Hall–Kier alpha value is -0.540. The molecule has 1 unspecified atom stereocenters. The van der Waals surface area contributed by atoms with E-state index < -0.39 is 6.10 Å². The van der Waals surface area contributed by atoms with Gasteiger partial charge in [-0.2, -0.15) is 0 Å². The largest absolute Gasteiger partial charge is 0.389 e. The molecule has 3 heteroatoms. The minimum Gasteiger partial charge on any atom is -0.389 e. The third-order valence-corrected chi connectivity index (χ3v) is 3.04. The van der Waals surface area contributed by atoms with Crippen molar-refractivity contribution < 1.29 is 9.50 Å². The average molecular weight is 228 g/mol. The summed E-state index contributed by atoms with van der Waals surface area (Å²) in [5.41, 5.74) is 0.400. The average Bonchev–Trinajstić information content (AvgIpc) is 1.99. The van der Waals surface area contributed by atoms with E-state index in [4.69, 9.17) is 0 Å². The summed E-state index contributed by atoms with van der Waals surface area (Å²) in [5, 5.41) is 9.53. The molecule has 1 N–H and O–H groups in total. The van der Waals surface area contributed by atoms with E-state index in [1.54, 1.807) is 24.8 Å². The zero-order chi connectivity index (χ0) is 11.6. The molecule has 0 fully saturated rings. The number of thioether (sulfide) groups is 1. The summed E-state index contributed by atoms with van der Waals surface area (Å²) >= 11 is 1.57. The van der Waals surface area contributed by atoms with Crippen LogP contribution < -0.4 is 0 Å². The van der Waals surface area contributed by atoms with Crippen LogP contribution >= 0.6 is 11.8 Å². The predicted molar refractivity (Wildman–Crippen MR) is 62.6 cm³/mol. The number of halogens is 1. The topological polar surface area (TPSA) is 20.2 Å². The van der Waals surface area contributed by atoms with E-state index >= 15 is 0 Å². The molecule has 0 saturated carbocycles. The summed E-state index contributed by atoms with van der Waals surface area (Å²) < 4.78 is 13.5. The normalized spacial score (nSPS) is 14.0. The molecule has 0 heterocycles. The standard InChI is InChI=1S/C12H17FOS/c1-8(14)11-9(13)6-5-7-10(11)15-12(2,3)4/h5-8,14H,1-4H3. The maximum atomic E-state index is 13.5. The van der Waals surface area contributed by atoms with Gasteiger partial charge in [0, 0.05) is 15.2 Å². The Morgan fingerprint density at radius 3 is 2.40 bits per heavy atom. The van der Waals surface area contributed by atoms with Crippen molar-refractivity contribution in [2.75, 3.05) is 0 Å². The van der Waals surface area contributed by atoms with Crippen molar-refractivity contribution in [2.45, 2.75) is 43.4 Å². The number of benzene rings is 1. The predicted octanol–water partition coefficient (Wildman–Crippen LogP) is 3.77. The molecule has 0 aromatic heterocycles. The van der Waals surface area contributed by atoms with Gasteiger partial charge in [0.05, 0.1) is 6.10 Å². The number of rotatable bonds is 2. The first-order valence-electron chi connectivity index (χ1n) is 4.97. The molecule has 84 valence electrons. The van der Waals surface area contributed by atoms with E-state index in [2.05, 4.69) is 20.8 Å². The second-order valence-electron chi connectivity index (χ2n) is 4.54. The lowest BCUT2D eigenvalue weighted by Gasteiger charge is -2.21. The van der Waals surface area contributed by atoms with Gasteiger partial charge in [-0.3, -0.25) is 0 Å². The SMILES string of the molecule is CC(O)c1c(F)cccc1SC(C)(C)C. The smallest absolute Gasteiger partial charge is 0.130 e. The molecule has 0 aliphatic rings. The molecule has 1 rings (SSSR count). The molecule has 0 saturated heterocycles. The summed E-state index contributed by atoms with van der Waals surface area (Å²) in [6, 6.07) is 4.91. The molecule has 1 aromatic rings. The van der Waals surface area contributed by atoms with Crippen LogP contribution in [0.4, 0.5) is 4.39 Å². The van der Waals surface area contributed by atoms with E-state index in [0.717, 1.165) is 4.90 Å². The highest BCUT2D eigenvalue weighted by molar-refractivity contribution is 8.00. The summed E-state index contributed by atoms with van der Waals surface area (Å²) in [4.78, 5) is 0.817. The van der Waals surface area contributed by atoms with Crippen LogP contribution in [0, 0.1) is 5.82 Å². The van der Waals surface area contributed by atoms with E-state index in [1.807, 2.05) is 6.07 Å². The minimum atomic E-state index is -0.768. The van der Waals surface area contributed by atoms with Gasteiger partial charge in [0.25, 0.3) is 0 Å². The lowest BCUT2D eigenvalue weighted by Crippen LogP contribution is -2.09. The molecule has 0 amide bonds. The molecule has 1 nitrogen and oxygen atoms in total. The lowest BCUT2D eigenvalue weighted by molar-refractivity contribution is 0.191. The Morgan fingerprint density at radius 2 is 1.93 bits per heavy atom. The monoisotopic (exact) mass is 228 g/mol. The Morgan fingerprint density at radius 1 is 1.33 bits per heavy atom. The van der Waals surface area contributed by atoms with Gasteiger partial charge in [-0.25, -0.2) is 4.39 Å². The third-order valence-electron chi connectivity index (χ3n) is 1.85. The highest BCUT2D eigenvalue weighted by atomic mass is 32.2. The van der Waals surface area contributed by atoms with Crippen molar-refractivity contribution in [1.29, 1.82) is 0 Å². The van der Waals surface area contributed by atoms with Gasteiger partial charge in [-0.05, 0) is 19.1 Å². The quantitative estimate of drug-likeness (QED) is 0.777. The maximum Gasteiger partial charge on any atom is 0.130 e. The van der Waals surface area contributed by atoms with Gasteiger partial charge < -0.3 is 5.11 Å². The fourth-order valence-corrected chi connectivity index (χ4v) is 2.53. The van der Waals surface area contributed by atoms with Crippen LogP contribution in [0.3, 0.4) is 0 Å². The molecule has 0 radical (unpaired) electrons. The Kier molecular flexibility index (Phi) is 3.79. The molecular weight excluding hydrogens is 211 g/mol. The molecule has 0 bridgehead atoms. The van der Waals surface area contributed by atoms with E-state index in [1.165, 1.54) is 6.07 Å². The fraction of sp³-hybridized carbons (Fsp3) is 0.500. The first-order valence-corrected chi connectivity index (χ1v) is 5.78. The number of hydrogen-bond donors (Lipinski definition) is 1. The van der Waals surface area contributed by atoms with Crippen molar-refractivity contribution >= 4 is 11.8 Å². The van der Waals surface area contributed by atoms with Gasteiger partial charge in [-0.1, -0.05) is 26.8 Å². The maximum absolute atomic E-state index is 13.5. The van der Waals surface area contributed by atoms with Crippen LogP contribution in [-0.4, -0.2) is 9.85 Å². The van der Waals surface area contributed by atoms with Gasteiger partial charge in [-0.15, -0.1) is 11.8 Å². The van der Waals surface area contributed by atoms with Crippen molar-refractivity contribution in [3.63, 3.8) is 0 Å². The van der Waals surface area contributed by atoms with Crippen LogP contribution in [-0.2, 0) is 0 Å². The molecule has 0 aliphatic carbocycles. The van der Waals surface area contributed by atoms with Gasteiger partial charge in [0.2, 0.25) is 0 Å². The minimum absolute atomic E-state index is 0.0113. The zero-order valence-corrected chi connectivity index (χ0v) is 10.4. The first kappa shape index (κ1) is 12.5. The van der Waals surface area contributed by atoms with Crippen LogP contribution in [0.15, 0.2) is 23.1 Å². The van der Waals surface area contributed by atoms with Crippen LogP contribution in [0.2, 0.25) is 0 Å². The summed E-state index contributed by atoms with van der Waals surface area (Å²) in [7, 11) is 0. The van der Waals surface area contributed by atoms with E-state index in [0.29, 0.717) is 5.56 Å². The lowest BCUT2D eigenvalue weighted by atomic mass is 10.1. The second-order valence-corrected chi connectivity index (χ2v) is 6.41. The molecule has 1 aromatic carbocycles. The number of hydrogen-bond acceptors (Lipinski definition) is 2. The van der Waals surface area contributed by atoms with Gasteiger partial charge in [0.1, 0.15) is 5.82 Å². The third kappa shape index (κ3) is 3.50. The first-order chi connectivity index (χ1) is 6.81. The Balaban J connectivity index is 3.12. The van der Waals surface area contributed by atoms with Crippen molar-refractivity contribution in [2.24, 2.45) is 0 Å². The highest BCUT2D eigenvalue weighted by Gasteiger charge is 2.19. The molecular formula is C12H17FOS. The molecule has 15 heavy (non-hydrogen) atoms. The van der Waals surface area contributed by atoms with Crippen molar-refractivity contribution in [3.05, 3.63) is 29.6 Å². The van der Waals surface area contributed by atoms with Crippen LogP contribution in [0.5, 0.6) is 0 Å². The summed E-state index contributed by atoms with van der Waals surface area (Å²) in [5.74, 6) is -0.334. The van der Waals surface area contributed by atoms with E-state index in [-0.39, 0.29) is 10.6 Å². The van der Waals surface area contributed by atoms with Crippen molar-refractivity contribution in [3.8, 4) is 0 Å². The Labute approximate surface area is 94.7 Å². The highest BCUT2D eigenvalue weighted by Crippen LogP contribution is 2.37. The van der Waals surface area contributed by atoms with Crippen LogP contribution in [0.25, 0.3) is 0 Å². The Bertz CT molecular complexity index is 342. The summed E-state index contributed by atoms with van der Waals surface area (Å²) in [6.07, 6.45) is -0.768. The van der Waals surface area contributed by atoms with E-state index in [9.17, 15) is 9.50 Å². The number of aliphatic hydroxyl groups excluding tert-OH is 1.